The molecule has 2 heterocycles. The molecular weight excluding hydrogens is 330 g/mol. The summed E-state index contributed by atoms with van der Waals surface area (Å²) >= 11 is 1.84. The van der Waals surface area contributed by atoms with Crippen LogP contribution in [0.5, 0.6) is 0 Å². The van der Waals surface area contributed by atoms with Gasteiger partial charge in [-0.2, -0.15) is 16.9 Å². The van der Waals surface area contributed by atoms with Crippen molar-refractivity contribution < 1.29 is 4.79 Å². The van der Waals surface area contributed by atoms with E-state index in [9.17, 15) is 4.79 Å². The number of benzene rings is 1. The number of hydrogen-bond acceptors (Lipinski definition) is 3. The van der Waals surface area contributed by atoms with Gasteiger partial charge in [0.05, 0.1) is 11.2 Å². The Morgan fingerprint density at radius 2 is 1.72 bits per heavy atom. The van der Waals surface area contributed by atoms with Crippen LogP contribution in [-0.2, 0) is 22.5 Å². The van der Waals surface area contributed by atoms with Gasteiger partial charge in [-0.15, -0.1) is 0 Å². The van der Waals surface area contributed by atoms with E-state index in [1.54, 1.807) is 0 Å². The summed E-state index contributed by atoms with van der Waals surface area (Å²) in [6, 6.07) is 7.89. The van der Waals surface area contributed by atoms with E-state index in [1.807, 2.05) is 40.7 Å². The van der Waals surface area contributed by atoms with Gasteiger partial charge in [0.15, 0.2) is 0 Å². The Morgan fingerprint density at radius 3 is 2.28 bits per heavy atom. The van der Waals surface area contributed by atoms with E-state index >= 15 is 0 Å². The molecule has 1 aromatic heterocycles. The van der Waals surface area contributed by atoms with Crippen molar-refractivity contribution in [1.82, 2.24) is 9.78 Å². The fourth-order valence-electron chi connectivity index (χ4n) is 2.93. The summed E-state index contributed by atoms with van der Waals surface area (Å²) in [5, 5.41) is 7.86. The molecule has 25 heavy (non-hydrogen) atoms. The summed E-state index contributed by atoms with van der Waals surface area (Å²) in [7, 11) is 0. The highest BCUT2D eigenvalue weighted by Gasteiger charge is 2.29. The molecule has 0 saturated heterocycles. The van der Waals surface area contributed by atoms with Crippen LogP contribution < -0.4 is 5.32 Å². The average Bonchev–Trinajstić information content (AvgIpc) is 3.08. The van der Waals surface area contributed by atoms with Gasteiger partial charge in [-0.1, -0.05) is 32.9 Å². The lowest BCUT2D eigenvalue weighted by atomic mass is 9.87. The predicted molar refractivity (Wildman–Crippen MR) is 105 cm³/mol. The van der Waals surface area contributed by atoms with Gasteiger partial charge in [-0.3, -0.25) is 4.79 Å². The van der Waals surface area contributed by atoms with Crippen molar-refractivity contribution in [2.75, 3.05) is 5.32 Å². The fraction of sp³-hybridized carbons (Fsp3) is 0.500. The van der Waals surface area contributed by atoms with Crippen LogP contribution in [-0.4, -0.2) is 15.7 Å². The van der Waals surface area contributed by atoms with Crippen molar-refractivity contribution in [2.45, 2.75) is 64.0 Å². The predicted octanol–water partition coefficient (Wildman–Crippen LogP) is 4.93. The fourth-order valence-corrected chi connectivity index (χ4v) is 3.96. The van der Waals surface area contributed by atoms with Crippen LogP contribution in [0.25, 0.3) is 0 Å². The third kappa shape index (κ3) is 3.61. The van der Waals surface area contributed by atoms with Crippen molar-refractivity contribution in [1.29, 1.82) is 0 Å². The number of carbonyl (C=O) groups is 1. The van der Waals surface area contributed by atoms with E-state index in [0.29, 0.717) is 5.56 Å². The molecule has 1 N–H and O–H groups in total. The second-order valence-corrected chi connectivity index (χ2v) is 9.62. The highest BCUT2D eigenvalue weighted by molar-refractivity contribution is 7.98. The number of amides is 1. The van der Waals surface area contributed by atoms with Crippen LogP contribution in [0.3, 0.4) is 0 Å². The van der Waals surface area contributed by atoms with Crippen molar-refractivity contribution in [2.24, 2.45) is 0 Å². The van der Waals surface area contributed by atoms with E-state index in [4.69, 9.17) is 5.10 Å². The third-order valence-corrected chi connectivity index (χ3v) is 5.40. The third-order valence-electron chi connectivity index (χ3n) is 4.43. The van der Waals surface area contributed by atoms with Crippen molar-refractivity contribution >= 4 is 23.5 Å². The number of thioether (sulfide) groups is 1. The van der Waals surface area contributed by atoms with Gasteiger partial charge < -0.3 is 5.32 Å². The van der Waals surface area contributed by atoms with Crippen LogP contribution in [0.4, 0.5) is 5.82 Å². The minimum Gasteiger partial charge on any atom is -0.306 e. The Hall–Kier alpha value is -1.75. The monoisotopic (exact) mass is 357 g/mol. The molecule has 1 aliphatic rings. The molecule has 0 bridgehead atoms. The van der Waals surface area contributed by atoms with Crippen molar-refractivity contribution in [3.63, 3.8) is 0 Å². The molecule has 1 aliphatic heterocycles. The number of aromatic nitrogens is 2. The van der Waals surface area contributed by atoms with Crippen LogP contribution in [0.1, 0.15) is 68.7 Å². The zero-order chi connectivity index (χ0) is 18.4. The molecule has 0 aliphatic carbocycles. The van der Waals surface area contributed by atoms with E-state index in [0.717, 1.165) is 23.0 Å². The molecule has 2 aromatic rings. The topological polar surface area (TPSA) is 46.9 Å². The van der Waals surface area contributed by atoms with Gasteiger partial charge in [0, 0.05) is 22.6 Å². The van der Waals surface area contributed by atoms with Crippen LogP contribution in [0.2, 0.25) is 0 Å². The largest absolute Gasteiger partial charge is 0.306 e. The van der Waals surface area contributed by atoms with Crippen LogP contribution in [0, 0.1) is 0 Å². The second kappa shape index (κ2) is 6.20. The zero-order valence-corrected chi connectivity index (χ0v) is 16.8. The molecule has 0 spiro atoms. The molecule has 4 nitrogen and oxygen atoms in total. The summed E-state index contributed by atoms with van der Waals surface area (Å²) < 4.78 is 1.96. The Kier molecular flexibility index (Phi) is 4.48. The summed E-state index contributed by atoms with van der Waals surface area (Å²) in [4.78, 5) is 12.8. The smallest absolute Gasteiger partial charge is 0.256 e. The number of carbonyl (C=O) groups excluding carboxylic acids is 1. The summed E-state index contributed by atoms with van der Waals surface area (Å²) in [5.74, 6) is 2.59. The minimum atomic E-state index is -0.173. The van der Waals surface area contributed by atoms with Crippen LogP contribution in [0.15, 0.2) is 24.3 Å². The first kappa shape index (κ1) is 18.1. The Bertz CT molecular complexity index is 792. The molecule has 134 valence electrons. The quantitative estimate of drug-likeness (QED) is 0.828. The molecule has 0 saturated carbocycles. The lowest BCUT2D eigenvalue weighted by Crippen LogP contribution is -2.27. The van der Waals surface area contributed by atoms with E-state index in [-0.39, 0.29) is 16.9 Å². The Balaban J connectivity index is 1.89. The number of nitrogens with zero attached hydrogens (tertiary/aromatic N) is 2. The lowest BCUT2D eigenvalue weighted by molar-refractivity contribution is 0.102. The molecule has 0 radical (unpaired) electrons. The summed E-state index contributed by atoms with van der Waals surface area (Å²) in [6.45, 7) is 12.8. The minimum absolute atomic E-state index is 0.0782. The SMILES string of the molecule is CC(C)(C)c1ccc(C(=O)Nc2c3c(nn2C(C)(C)C)CSC3)cc1. The number of nitrogens with one attached hydrogen (secondary N) is 1. The molecular formula is C20H27N3OS. The maximum absolute atomic E-state index is 12.8. The van der Waals surface area contributed by atoms with Gasteiger partial charge >= 0.3 is 0 Å². The zero-order valence-electron chi connectivity index (χ0n) is 15.9. The van der Waals surface area contributed by atoms with E-state index in [2.05, 4.69) is 46.9 Å². The average molecular weight is 358 g/mol. The standard InChI is InChI=1S/C20H27N3OS/c1-19(2,3)14-9-7-13(8-10-14)18(24)21-17-15-11-25-12-16(15)22-23(17)20(4,5)6/h7-10H,11-12H2,1-6H3,(H,21,24). The van der Waals surface area contributed by atoms with Crippen molar-refractivity contribution in [3.05, 3.63) is 46.6 Å². The molecule has 1 aromatic carbocycles. The lowest BCUT2D eigenvalue weighted by Gasteiger charge is -2.23. The van der Waals surface area contributed by atoms with E-state index in [1.165, 1.54) is 11.1 Å². The molecule has 0 fully saturated rings. The van der Waals surface area contributed by atoms with E-state index < -0.39 is 0 Å². The van der Waals surface area contributed by atoms with Crippen molar-refractivity contribution in [3.8, 4) is 0 Å². The second-order valence-electron chi connectivity index (χ2n) is 8.63. The van der Waals surface area contributed by atoms with Crippen LogP contribution >= 0.6 is 11.8 Å². The first-order chi connectivity index (χ1) is 11.6. The van der Waals surface area contributed by atoms with Gasteiger partial charge in [0.25, 0.3) is 5.91 Å². The molecule has 5 heteroatoms. The summed E-state index contributed by atoms with van der Waals surface area (Å²) in [5.41, 5.74) is 4.07. The molecule has 1 amide bonds. The number of anilines is 1. The summed E-state index contributed by atoms with van der Waals surface area (Å²) in [6.07, 6.45) is 0. The van der Waals surface area contributed by atoms with Gasteiger partial charge in [0.2, 0.25) is 0 Å². The normalized spacial score (nSPS) is 14.5. The highest BCUT2D eigenvalue weighted by Crippen LogP contribution is 2.37. The maximum Gasteiger partial charge on any atom is 0.256 e. The maximum atomic E-state index is 12.8. The Labute approximate surface area is 154 Å². The number of fused-ring (bicyclic) bond motifs is 1. The van der Waals surface area contributed by atoms with Gasteiger partial charge in [-0.05, 0) is 43.9 Å². The van der Waals surface area contributed by atoms with Gasteiger partial charge in [-0.25, -0.2) is 4.68 Å². The highest BCUT2D eigenvalue weighted by atomic mass is 32.2. The molecule has 0 atom stereocenters. The van der Waals surface area contributed by atoms with Gasteiger partial charge in [0.1, 0.15) is 5.82 Å². The number of hydrogen-bond donors (Lipinski definition) is 1. The molecule has 0 unspecified atom stereocenters. The number of rotatable bonds is 2. The Morgan fingerprint density at radius 1 is 1.08 bits per heavy atom. The molecule has 3 rings (SSSR count). The first-order valence-corrected chi connectivity index (χ1v) is 9.84. The first-order valence-electron chi connectivity index (χ1n) is 8.68.